The van der Waals surface area contributed by atoms with Crippen molar-refractivity contribution in [1.82, 2.24) is 4.90 Å². The van der Waals surface area contributed by atoms with Gasteiger partial charge in [0.2, 0.25) is 0 Å². The Morgan fingerprint density at radius 2 is 1.48 bits per heavy atom. The summed E-state index contributed by atoms with van der Waals surface area (Å²) in [4.78, 5) is 2.43. The van der Waals surface area contributed by atoms with Crippen molar-refractivity contribution in [3.63, 3.8) is 0 Å². The second kappa shape index (κ2) is 12.7. The Morgan fingerprint density at radius 1 is 0.818 bits per heavy atom. The van der Waals surface area contributed by atoms with E-state index in [1.807, 2.05) is 12.1 Å². The normalized spacial score (nSPS) is 15.3. The molecule has 2 aromatic rings. The Labute approximate surface area is 207 Å². The van der Waals surface area contributed by atoms with Crippen LogP contribution in [-0.2, 0) is 10.5 Å². The molecule has 182 valence electrons. The molecule has 0 saturated carbocycles. The average Bonchev–Trinajstić information content (AvgIpc) is 2.87. The summed E-state index contributed by atoms with van der Waals surface area (Å²) in [7, 11) is 9.01. The molecule has 0 atom stereocenters. The fraction of sp³-hybridized carbons (Fsp3) is 0.538. The molecule has 1 heterocycles. The number of methoxy groups -OCH3 is 4. The Balaban J connectivity index is 1.59. The minimum Gasteiger partial charge on any atom is -0.497 e. The first kappa shape index (κ1) is 25.9. The molecule has 33 heavy (non-hydrogen) atoms. The summed E-state index contributed by atoms with van der Waals surface area (Å²) in [6.07, 6.45) is 4.52. The average molecular weight is 492 g/mol. The van der Waals surface area contributed by atoms with E-state index in [-0.39, 0.29) is 4.08 Å². The molecular formula is C26H37NO4S2. The zero-order valence-corrected chi connectivity index (χ0v) is 22.2. The van der Waals surface area contributed by atoms with Crippen LogP contribution in [0.2, 0.25) is 0 Å². The number of likely N-dealkylation sites (N-methyl/N-ethyl adjacent to an activating group) is 1. The molecule has 0 aliphatic carbocycles. The number of ether oxygens (including phenoxy) is 4. The van der Waals surface area contributed by atoms with E-state index in [1.54, 1.807) is 28.4 Å². The summed E-state index contributed by atoms with van der Waals surface area (Å²) in [6.45, 7) is 2.08. The van der Waals surface area contributed by atoms with Crippen molar-refractivity contribution in [2.24, 2.45) is 0 Å². The fourth-order valence-electron chi connectivity index (χ4n) is 4.11. The van der Waals surface area contributed by atoms with Gasteiger partial charge in [-0.25, -0.2) is 0 Å². The number of hydrogen-bond acceptors (Lipinski definition) is 7. The highest BCUT2D eigenvalue weighted by molar-refractivity contribution is 8.18. The summed E-state index contributed by atoms with van der Waals surface area (Å²) >= 11 is 4.16. The molecule has 0 aromatic heterocycles. The third-order valence-corrected chi connectivity index (χ3v) is 9.53. The van der Waals surface area contributed by atoms with E-state index in [0.717, 1.165) is 55.4 Å². The van der Waals surface area contributed by atoms with Crippen LogP contribution in [0.15, 0.2) is 36.4 Å². The van der Waals surface area contributed by atoms with E-state index >= 15 is 0 Å². The van der Waals surface area contributed by atoms with Gasteiger partial charge in [-0.15, -0.1) is 23.5 Å². The number of rotatable bonds is 12. The van der Waals surface area contributed by atoms with E-state index in [1.165, 1.54) is 29.1 Å². The highest BCUT2D eigenvalue weighted by atomic mass is 32.2. The third kappa shape index (κ3) is 6.90. The molecule has 1 aliphatic heterocycles. The molecule has 7 heteroatoms. The lowest BCUT2D eigenvalue weighted by molar-refractivity contribution is 0.327. The third-order valence-electron chi connectivity index (χ3n) is 6.03. The summed E-state index contributed by atoms with van der Waals surface area (Å²) in [5.41, 5.74) is 2.57. The van der Waals surface area contributed by atoms with Crippen molar-refractivity contribution in [3.8, 4) is 23.0 Å². The lowest BCUT2D eigenvalue weighted by Crippen LogP contribution is -2.27. The van der Waals surface area contributed by atoms with Gasteiger partial charge in [-0.3, -0.25) is 0 Å². The molecule has 0 spiro atoms. The van der Waals surface area contributed by atoms with E-state index < -0.39 is 0 Å². The van der Waals surface area contributed by atoms with Gasteiger partial charge in [0.1, 0.15) is 11.5 Å². The van der Waals surface area contributed by atoms with Crippen molar-refractivity contribution in [3.05, 3.63) is 47.5 Å². The SMILES string of the molecule is COc1cc(OC)cc(C2(CCCN(C)CCc3ccc(OC)c(OC)c3)SCCCS2)c1. The maximum absolute atomic E-state index is 5.56. The molecule has 0 N–H and O–H groups in total. The van der Waals surface area contributed by atoms with Gasteiger partial charge in [0.25, 0.3) is 0 Å². The monoisotopic (exact) mass is 491 g/mol. The molecule has 3 rings (SSSR count). The highest BCUT2D eigenvalue weighted by Gasteiger charge is 2.36. The zero-order chi connectivity index (χ0) is 23.7. The van der Waals surface area contributed by atoms with Crippen LogP contribution >= 0.6 is 23.5 Å². The minimum absolute atomic E-state index is 0.0598. The molecule has 1 saturated heterocycles. The Kier molecular flexibility index (Phi) is 9.95. The van der Waals surface area contributed by atoms with Crippen LogP contribution in [0.5, 0.6) is 23.0 Å². The van der Waals surface area contributed by atoms with Crippen LogP contribution in [0, 0.1) is 0 Å². The van der Waals surface area contributed by atoms with Gasteiger partial charge in [0.05, 0.1) is 32.5 Å². The van der Waals surface area contributed by atoms with Crippen molar-refractivity contribution < 1.29 is 18.9 Å². The quantitative estimate of drug-likeness (QED) is 0.377. The van der Waals surface area contributed by atoms with Crippen LogP contribution in [0.1, 0.15) is 30.4 Å². The maximum atomic E-state index is 5.56. The van der Waals surface area contributed by atoms with Crippen molar-refractivity contribution in [2.45, 2.75) is 29.8 Å². The Hall–Kier alpha value is -1.70. The second-order valence-electron chi connectivity index (χ2n) is 8.25. The minimum atomic E-state index is 0.0598. The lowest BCUT2D eigenvalue weighted by Gasteiger charge is -2.37. The number of benzene rings is 2. The summed E-state index contributed by atoms with van der Waals surface area (Å²) in [5, 5.41) is 0. The molecule has 1 aliphatic rings. The van der Waals surface area contributed by atoms with Gasteiger partial charge in [-0.1, -0.05) is 6.07 Å². The predicted octanol–water partition coefficient (Wildman–Crippen LogP) is 5.70. The molecule has 2 aromatic carbocycles. The largest absolute Gasteiger partial charge is 0.497 e. The molecule has 0 amide bonds. The highest BCUT2D eigenvalue weighted by Crippen LogP contribution is 2.54. The van der Waals surface area contributed by atoms with E-state index in [9.17, 15) is 0 Å². The standard InChI is InChI=1S/C26H37NO4S2/c1-27(13-10-20-8-9-24(30-4)25(16-20)31-5)12-6-11-26(32-14-7-15-33-26)21-17-22(28-2)19-23(18-21)29-3/h8-9,16-19H,6-7,10-15H2,1-5H3. The van der Waals surface area contributed by atoms with Crippen LogP contribution in [-0.4, -0.2) is 65.0 Å². The molecule has 0 radical (unpaired) electrons. The summed E-state index contributed by atoms with van der Waals surface area (Å²) in [6, 6.07) is 12.5. The smallest absolute Gasteiger partial charge is 0.160 e. The van der Waals surface area contributed by atoms with Gasteiger partial charge in [0, 0.05) is 12.6 Å². The topological polar surface area (TPSA) is 40.2 Å². The van der Waals surface area contributed by atoms with Gasteiger partial charge in [-0.05, 0) is 86.2 Å². The van der Waals surface area contributed by atoms with E-state index in [0.29, 0.717) is 0 Å². The number of nitrogens with zero attached hydrogens (tertiary/aromatic N) is 1. The summed E-state index contributed by atoms with van der Waals surface area (Å²) in [5.74, 6) is 5.69. The molecule has 0 bridgehead atoms. The fourth-order valence-corrected chi connectivity index (χ4v) is 7.51. The number of hydrogen-bond donors (Lipinski definition) is 0. The van der Waals surface area contributed by atoms with Gasteiger partial charge >= 0.3 is 0 Å². The first-order chi connectivity index (χ1) is 16.0. The van der Waals surface area contributed by atoms with Gasteiger partial charge in [-0.2, -0.15) is 0 Å². The van der Waals surface area contributed by atoms with Gasteiger partial charge in [0.15, 0.2) is 11.5 Å². The first-order valence-corrected chi connectivity index (χ1v) is 13.4. The predicted molar refractivity (Wildman–Crippen MR) is 141 cm³/mol. The Morgan fingerprint density at radius 3 is 2.09 bits per heavy atom. The second-order valence-corrected chi connectivity index (χ2v) is 11.3. The van der Waals surface area contributed by atoms with Crippen molar-refractivity contribution >= 4 is 23.5 Å². The van der Waals surface area contributed by atoms with Crippen LogP contribution < -0.4 is 18.9 Å². The van der Waals surface area contributed by atoms with Crippen molar-refractivity contribution in [2.75, 3.05) is 60.1 Å². The zero-order valence-electron chi connectivity index (χ0n) is 20.5. The van der Waals surface area contributed by atoms with E-state index in [2.05, 4.69) is 59.7 Å². The molecule has 1 fully saturated rings. The van der Waals surface area contributed by atoms with Crippen molar-refractivity contribution in [1.29, 1.82) is 0 Å². The summed E-state index contributed by atoms with van der Waals surface area (Å²) < 4.78 is 22.0. The molecular weight excluding hydrogens is 454 g/mol. The molecule has 5 nitrogen and oxygen atoms in total. The van der Waals surface area contributed by atoms with Crippen LogP contribution in [0.4, 0.5) is 0 Å². The molecule has 0 unspecified atom stereocenters. The van der Waals surface area contributed by atoms with E-state index in [4.69, 9.17) is 18.9 Å². The van der Waals surface area contributed by atoms with Crippen LogP contribution in [0.3, 0.4) is 0 Å². The van der Waals surface area contributed by atoms with Gasteiger partial charge < -0.3 is 23.8 Å². The number of thioether (sulfide) groups is 2. The van der Waals surface area contributed by atoms with Crippen LogP contribution in [0.25, 0.3) is 0 Å². The first-order valence-electron chi connectivity index (χ1n) is 11.4. The lowest BCUT2D eigenvalue weighted by atomic mass is 10.1. The Bertz CT molecular complexity index is 864. The maximum Gasteiger partial charge on any atom is 0.160 e.